The maximum Gasteiger partial charge on any atom is 0.226 e. The van der Waals surface area contributed by atoms with Gasteiger partial charge in [0.1, 0.15) is 17.9 Å². The molecule has 2 heterocycles. The smallest absolute Gasteiger partial charge is 0.226 e. The third kappa shape index (κ3) is 2.76. The number of rotatable bonds is 3. The minimum absolute atomic E-state index is 0.0484. The molecule has 0 aliphatic carbocycles. The number of hydrogen-bond donors (Lipinski definition) is 1. The molecule has 3 aromatic rings. The molecule has 0 fully saturated rings. The molecule has 1 aliphatic rings. The fourth-order valence-corrected chi connectivity index (χ4v) is 3.43. The lowest BCUT2D eigenvalue weighted by Crippen LogP contribution is -2.25. The summed E-state index contributed by atoms with van der Waals surface area (Å²) in [7, 11) is 1.63. The number of fused-ring (bicyclic) bond motifs is 1. The van der Waals surface area contributed by atoms with Crippen LogP contribution in [0, 0.1) is 0 Å². The number of anilines is 1. The number of nitrogens with zero attached hydrogens (tertiary/aromatic N) is 2. The van der Waals surface area contributed by atoms with E-state index in [1.807, 2.05) is 53.1 Å². The number of imidazole rings is 1. The highest BCUT2D eigenvalue weighted by Gasteiger charge is 2.31. The summed E-state index contributed by atoms with van der Waals surface area (Å²) in [6.07, 6.45) is 2.05. The molecule has 1 aliphatic heterocycles. The van der Waals surface area contributed by atoms with Gasteiger partial charge in [0.25, 0.3) is 0 Å². The van der Waals surface area contributed by atoms with Crippen molar-refractivity contribution in [1.82, 2.24) is 9.55 Å². The first-order chi connectivity index (χ1) is 12.2. The van der Waals surface area contributed by atoms with Crippen molar-refractivity contribution in [3.05, 3.63) is 71.1 Å². The van der Waals surface area contributed by atoms with Crippen LogP contribution in [0.1, 0.15) is 23.6 Å². The molecule has 0 spiro atoms. The first-order valence-electron chi connectivity index (χ1n) is 7.93. The van der Waals surface area contributed by atoms with E-state index in [0.717, 1.165) is 22.7 Å². The number of nitrogens with one attached hydrogen (secondary N) is 1. The molecule has 0 saturated heterocycles. The monoisotopic (exact) mass is 353 g/mol. The van der Waals surface area contributed by atoms with Crippen LogP contribution in [0.4, 0.5) is 5.82 Å². The molecule has 1 amide bonds. The van der Waals surface area contributed by atoms with Crippen LogP contribution in [0.15, 0.2) is 54.9 Å². The lowest BCUT2D eigenvalue weighted by molar-refractivity contribution is -0.116. The Morgan fingerprint density at radius 2 is 1.96 bits per heavy atom. The van der Waals surface area contributed by atoms with E-state index in [9.17, 15) is 4.79 Å². The Kier molecular flexibility index (Phi) is 3.93. The van der Waals surface area contributed by atoms with Gasteiger partial charge < -0.3 is 10.1 Å². The van der Waals surface area contributed by atoms with Crippen LogP contribution in [0.25, 0.3) is 5.69 Å². The number of aromatic nitrogens is 2. The van der Waals surface area contributed by atoms with Crippen LogP contribution in [0.3, 0.4) is 0 Å². The second kappa shape index (κ2) is 6.26. The normalized spacial score (nSPS) is 16.2. The molecule has 25 heavy (non-hydrogen) atoms. The maximum absolute atomic E-state index is 12.3. The van der Waals surface area contributed by atoms with Crippen LogP contribution >= 0.6 is 11.6 Å². The van der Waals surface area contributed by atoms with E-state index in [1.165, 1.54) is 0 Å². The molecular weight excluding hydrogens is 338 g/mol. The predicted octanol–water partition coefficient (Wildman–Crippen LogP) is 4.01. The van der Waals surface area contributed by atoms with Gasteiger partial charge in [-0.25, -0.2) is 4.98 Å². The van der Waals surface area contributed by atoms with Crippen LogP contribution < -0.4 is 10.1 Å². The molecule has 1 aromatic heterocycles. The highest BCUT2D eigenvalue weighted by molar-refractivity contribution is 6.31. The van der Waals surface area contributed by atoms with E-state index in [4.69, 9.17) is 16.3 Å². The van der Waals surface area contributed by atoms with E-state index in [2.05, 4.69) is 10.3 Å². The summed E-state index contributed by atoms with van der Waals surface area (Å²) in [5.74, 6) is 1.26. The second-order valence-corrected chi connectivity index (χ2v) is 6.28. The van der Waals surface area contributed by atoms with Gasteiger partial charge in [0.05, 0.1) is 12.8 Å². The number of carbonyl (C=O) groups is 1. The molecule has 1 unspecified atom stereocenters. The molecular formula is C19H16ClN3O2. The van der Waals surface area contributed by atoms with Gasteiger partial charge in [0.2, 0.25) is 5.91 Å². The average Bonchev–Trinajstić information content (AvgIpc) is 3.05. The largest absolute Gasteiger partial charge is 0.497 e. The molecule has 1 N–H and O–H groups in total. The Morgan fingerprint density at radius 3 is 2.68 bits per heavy atom. The maximum atomic E-state index is 12.3. The highest BCUT2D eigenvalue weighted by atomic mass is 35.5. The summed E-state index contributed by atoms with van der Waals surface area (Å²) in [4.78, 5) is 16.9. The van der Waals surface area contributed by atoms with Crippen molar-refractivity contribution < 1.29 is 9.53 Å². The zero-order chi connectivity index (χ0) is 17.4. The summed E-state index contributed by atoms with van der Waals surface area (Å²) >= 11 is 6.35. The van der Waals surface area contributed by atoms with Crippen LogP contribution in [0.5, 0.6) is 5.75 Å². The van der Waals surface area contributed by atoms with Crippen molar-refractivity contribution in [2.75, 3.05) is 12.4 Å². The van der Waals surface area contributed by atoms with Crippen molar-refractivity contribution in [3.63, 3.8) is 0 Å². The number of halogens is 1. The lowest BCUT2D eigenvalue weighted by atomic mass is 9.90. The SMILES string of the molecule is COc1ccc(-n2cnc3c2NC(=O)CC3c2ccccc2Cl)cc1. The predicted molar refractivity (Wildman–Crippen MR) is 96.7 cm³/mol. The van der Waals surface area contributed by atoms with Gasteiger partial charge in [-0.1, -0.05) is 29.8 Å². The molecule has 0 saturated carbocycles. The van der Waals surface area contributed by atoms with Gasteiger partial charge in [-0.2, -0.15) is 0 Å². The fourth-order valence-electron chi connectivity index (χ4n) is 3.16. The summed E-state index contributed by atoms with van der Waals surface area (Å²) in [6, 6.07) is 15.2. The van der Waals surface area contributed by atoms with Gasteiger partial charge in [-0.15, -0.1) is 0 Å². The van der Waals surface area contributed by atoms with Gasteiger partial charge in [-0.3, -0.25) is 9.36 Å². The average molecular weight is 354 g/mol. The van der Waals surface area contributed by atoms with Crippen molar-refractivity contribution in [2.24, 2.45) is 0 Å². The van der Waals surface area contributed by atoms with Crippen molar-refractivity contribution in [3.8, 4) is 11.4 Å². The number of ether oxygens (including phenoxy) is 1. The van der Waals surface area contributed by atoms with Crippen molar-refractivity contribution >= 4 is 23.3 Å². The zero-order valence-corrected chi connectivity index (χ0v) is 14.3. The van der Waals surface area contributed by atoms with Gasteiger partial charge in [0.15, 0.2) is 0 Å². The molecule has 4 rings (SSSR count). The Balaban J connectivity index is 1.80. The second-order valence-electron chi connectivity index (χ2n) is 5.87. The molecule has 5 nitrogen and oxygen atoms in total. The van der Waals surface area contributed by atoms with E-state index < -0.39 is 0 Å². The van der Waals surface area contributed by atoms with E-state index in [-0.39, 0.29) is 11.8 Å². The molecule has 126 valence electrons. The summed E-state index contributed by atoms with van der Waals surface area (Å²) in [5.41, 5.74) is 2.64. The first kappa shape index (κ1) is 15.7. The number of amides is 1. The van der Waals surface area contributed by atoms with E-state index >= 15 is 0 Å². The molecule has 0 bridgehead atoms. The standard InChI is InChI=1S/C19H16ClN3O2/c1-25-13-8-6-12(7-9-13)23-11-21-18-15(10-17(24)22-19(18)23)14-4-2-3-5-16(14)20/h2-9,11,15H,10H2,1H3,(H,22,24). The number of methoxy groups -OCH3 is 1. The molecule has 0 radical (unpaired) electrons. The first-order valence-corrected chi connectivity index (χ1v) is 8.31. The zero-order valence-electron chi connectivity index (χ0n) is 13.6. The molecule has 1 atom stereocenters. The summed E-state index contributed by atoms with van der Waals surface area (Å²) < 4.78 is 7.07. The third-order valence-corrected chi connectivity index (χ3v) is 4.75. The number of hydrogen-bond acceptors (Lipinski definition) is 3. The Labute approximate surface area is 150 Å². The van der Waals surface area contributed by atoms with Crippen molar-refractivity contribution in [1.29, 1.82) is 0 Å². The van der Waals surface area contributed by atoms with Crippen LogP contribution in [-0.2, 0) is 4.79 Å². The van der Waals surface area contributed by atoms with E-state index in [1.54, 1.807) is 13.4 Å². The molecule has 6 heteroatoms. The summed E-state index contributed by atoms with van der Waals surface area (Å²) in [5, 5.41) is 3.59. The van der Waals surface area contributed by atoms with Gasteiger partial charge in [-0.05, 0) is 35.9 Å². The fraction of sp³-hybridized carbons (Fsp3) is 0.158. The minimum atomic E-state index is -0.156. The van der Waals surface area contributed by atoms with Gasteiger partial charge in [0, 0.05) is 23.0 Å². The molecule has 2 aromatic carbocycles. The highest BCUT2D eigenvalue weighted by Crippen LogP contribution is 2.39. The quantitative estimate of drug-likeness (QED) is 0.774. The Hall–Kier alpha value is -2.79. The van der Waals surface area contributed by atoms with Crippen LogP contribution in [0.2, 0.25) is 5.02 Å². The number of benzene rings is 2. The lowest BCUT2D eigenvalue weighted by Gasteiger charge is -2.24. The minimum Gasteiger partial charge on any atom is -0.497 e. The van der Waals surface area contributed by atoms with Crippen molar-refractivity contribution in [2.45, 2.75) is 12.3 Å². The Bertz CT molecular complexity index is 934. The number of carbonyl (C=O) groups excluding carboxylic acids is 1. The van der Waals surface area contributed by atoms with Gasteiger partial charge >= 0.3 is 0 Å². The summed E-state index contributed by atoms with van der Waals surface area (Å²) in [6.45, 7) is 0. The third-order valence-electron chi connectivity index (χ3n) is 4.40. The topological polar surface area (TPSA) is 56.1 Å². The van der Waals surface area contributed by atoms with E-state index in [0.29, 0.717) is 17.3 Å². The Morgan fingerprint density at radius 1 is 1.20 bits per heavy atom. The van der Waals surface area contributed by atoms with Crippen LogP contribution in [-0.4, -0.2) is 22.6 Å².